The summed E-state index contributed by atoms with van der Waals surface area (Å²) in [6.45, 7) is 6.96. The van der Waals surface area contributed by atoms with E-state index in [0.717, 1.165) is 26.1 Å². The third-order valence-corrected chi connectivity index (χ3v) is 7.05. The number of amides is 2. The molecular weight excluding hydrogens is 734 g/mol. The quantitative estimate of drug-likeness (QED) is 0.0628. The number of nitrogens with two attached hydrogens (primary N) is 2. The van der Waals surface area contributed by atoms with Crippen LogP contribution in [0.3, 0.4) is 0 Å². The van der Waals surface area contributed by atoms with Crippen LogP contribution in [-0.2, 0) is 32.1 Å². The molecule has 0 unspecified atom stereocenters. The summed E-state index contributed by atoms with van der Waals surface area (Å²) in [6, 6.07) is 7.02. The van der Waals surface area contributed by atoms with Crippen molar-refractivity contribution < 1.29 is 37.4 Å². The molecule has 2 rings (SSSR count). The third-order valence-electron chi connectivity index (χ3n) is 7.05. The normalized spacial score (nSPS) is 11.2. The average Bonchev–Trinajstić information content (AvgIpc) is 3.02. The second-order valence-corrected chi connectivity index (χ2v) is 20.6. The molecular formula is C34H58Cl4CuN4O4. The van der Waals surface area contributed by atoms with Crippen molar-refractivity contribution in [1.82, 2.24) is 0 Å². The molecule has 2 aromatic heterocycles. The first kappa shape index (κ1) is 45.8. The van der Waals surface area contributed by atoms with Gasteiger partial charge in [0, 0.05) is 12.1 Å². The first-order chi connectivity index (χ1) is 22.5. The molecule has 2 heterocycles. The van der Waals surface area contributed by atoms with Crippen molar-refractivity contribution in [3.8, 4) is 0 Å². The van der Waals surface area contributed by atoms with Gasteiger partial charge in [0.05, 0.1) is 13.2 Å². The van der Waals surface area contributed by atoms with Crippen LogP contribution in [0.15, 0.2) is 49.1 Å². The monoisotopic (exact) mass is 789 g/mol. The van der Waals surface area contributed by atoms with Crippen LogP contribution in [0.1, 0.15) is 137 Å². The van der Waals surface area contributed by atoms with Crippen molar-refractivity contribution in [2.24, 2.45) is 11.5 Å². The zero-order chi connectivity index (χ0) is 35.2. The fourth-order valence-electron chi connectivity index (χ4n) is 4.51. The van der Waals surface area contributed by atoms with Gasteiger partial charge < -0.3 is 20.9 Å². The molecule has 0 fully saturated rings. The van der Waals surface area contributed by atoms with Gasteiger partial charge in [0.15, 0.2) is 24.8 Å². The Morgan fingerprint density at radius 3 is 1.19 bits per heavy atom. The second-order valence-electron chi connectivity index (χ2n) is 11.2. The number of hydrogen-bond donors (Lipinski definition) is 2. The summed E-state index contributed by atoms with van der Waals surface area (Å²) in [5, 5.41) is 0. The zero-order valence-corrected chi connectivity index (χ0v) is 32.2. The summed E-state index contributed by atoms with van der Waals surface area (Å²) in [5.41, 5.74) is 11.5. The van der Waals surface area contributed by atoms with Crippen LogP contribution in [0.25, 0.3) is 0 Å². The summed E-state index contributed by atoms with van der Waals surface area (Å²) < 4.78 is 14.9. The maximum absolute atomic E-state index is 11.1. The first-order valence-corrected chi connectivity index (χ1v) is 21.8. The topological polar surface area (TPSA) is 112 Å². The molecule has 0 aliphatic carbocycles. The van der Waals surface area contributed by atoms with Crippen molar-refractivity contribution >= 4 is 52.2 Å². The summed E-state index contributed by atoms with van der Waals surface area (Å²) in [4.78, 5) is 22.1. The van der Waals surface area contributed by atoms with Crippen LogP contribution in [0.5, 0.6) is 0 Å². The van der Waals surface area contributed by atoms with Crippen LogP contribution in [0.2, 0.25) is 0 Å². The summed E-state index contributed by atoms with van der Waals surface area (Å²) >= 11 is 0. The van der Waals surface area contributed by atoms with Gasteiger partial charge in [0.25, 0.3) is 25.3 Å². The molecule has 0 aliphatic rings. The van der Waals surface area contributed by atoms with Gasteiger partial charge in [-0.2, -0.15) is 9.13 Å². The molecule has 4 N–H and O–H groups in total. The average molecular weight is 792 g/mol. The van der Waals surface area contributed by atoms with E-state index in [-0.39, 0.29) is 0 Å². The minimum atomic E-state index is -2.24. The van der Waals surface area contributed by atoms with E-state index in [1.807, 2.05) is 21.5 Å². The van der Waals surface area contributed by atoms with Gasteiger partial charge in [-0.3, -0.25) is 9.59 Å². The van der Waals surface area contributed by atoms with Gasteiger partial charge in [0.1, 0.15) is 11.1 Å². The van der Waals surface area contributed by atoms with E-state index in [1.54, 1.807) is 36.7 Å². The number of rotatable bonds is 24. The Hall–Kier alpha value is -1.16. The van der Waals surface area contributed by atoms with Gasteiger partial charge >= 0.3 is 49.6 Å². The zero-order valence-electron chi connectivity index (χ0n) is 28.3. The number of halogens is 4. The van der Waals surface area contributed by atoms with E-state index >= 15 is 0 Å². The predicted octanol–water partition coefficient (Wildman–Crippen LogP) is 9.13. The van der Waals surface area contributed by atoms with Gasteiger partial charge in [-0.05, 0) is 25.0 Å². The van der Waals surface area contributed by atoms with Crippen LogP contribution < -0.4 is 20.6 Å². The molecule has 2 amide bonds. The molecule has 0 aliphatic heterocycles. The maximum atomic E-state index is 11.1. The van der Waals surface area contributed by atoms with Gasteiger partial charge in [-0.1, -0.05) is 104 Å². The summed E-state index contributed by atoms with van der Waals surface area (Å²) in [7, 11) is 17.4. The molecule has 0 saturated heterocycles. The molecule has 0 saturated carbocycles. The van der Waals surface area contributed by atoms with E-state index in [1.165, 1.54) is 89.9 Å². The van der Waals surface area contributed by atoms with Crippen molar-refractivity contribution in [2.45, 2.75) is 130 Å². The fourth-order valence-corrected chi connectivity index (χ4v) is 4.51. The molecule has 8 nitrogen and oxygen atoms in total. The molecule has 0 bridgehead atoms. The Balaban J connectivity index is 0.000000787. The Labute approximate surface area is 302 Å². The van der Waals surface area contributed by atoms with Crippen molar-refractivity contribution in [3.63, 3.8) is 0 Å². The Morgan fingerprint density at radius 1 is 0.596 bits per heavy atom. The number of unbranched alkanes of at least 4 members (excludes halogenated alkanes) is 14. The van der Waals surface area contributed by atoms with Crippen LogP contribution >= 0.6 is 40.4 Å². The van der Waals surface area contributed by atoms with Crippen molar-refractivity contribution in [3.05, 3.63) is 60.2 Å². The van der Waals surface area contributed by atoms with E-state index < -0.39 is 21.0 Å². The van der Waals surface area contributed by atoms with Crippen LogP contribution in [0.4, 0.5) is 0 Å². The number of nitrogens with zero attached hydrogens (tertiary/aromatic N) is 2. The minimum absolute atomic E-state index is 0.410. The molecule has 0 radical (unpaired) electrons. The van der Waals surface area contributed by atoms with Crippen LogP contribution in [-0.4, -0.2) is 25.0 Å². The molecule has 47 heavy (non-hydrogen) atoms. The molecule has 2 aromatic rings. The Bertz CT molecular complexity index is 997. The molecule has 0 atom stereocenters. The molecule has 0 aromatic carbocycles. The fraction of sp³-hybridized carbons (Fsp3) is 0.647. The van der Waals surface area contributed by atoms with Crippen molar-refractivity contribution in [1.29, 1.82) is 0 Å². The number of hydrogen-bond acceptors (Lipinski definition) is 4. The molecule has 0 spiro atoms. The number of carbonyl (C=O) groups is 2. The van der Waals surface area contributed by atoms with E-state index in [0.29, 0.717) is 24.6 Å². The number of ether oxygens (including phenoxy) is 2. The van der Waals surface area contributed by atoms with E-state index in [2.05, 4.69) is 13.8 Å². The number of pyridine rings is 2. The van der Waals surface area contributed by atoms with Gasteiger partial charge in [0.2, 0.25) is 0 Å². The van der Waals surface area contributed by atoms with E-state index in [9.17, 15) is 9.59 Å². The summed E-state index contributed by atoms with van der Waals surface area (Å²) in [5.74, 6) is -0.820. The Morgan fingerprint density at radius 2 is 0.894 bits per heavy atom. The third kappa shape index (κ3) is 31.8. The number of aromatic nitrogens is 2. The summed E-state index contributed by atoms with van der Waals surface area (Å²) in [6.07, 6.45) is 28.0. The van der Waals surface area contributed by atoms with Gasteiger partial charge in [-0.15, -0.1) is 0 Å². The van der Waals surface area contributed by atoms with Gasteiger partial charge in [-0.25, -0.2) is 0 Å². The number of carbonyl (C=O) groups excluding carboxylic acids is 2. The van der Waals surface area contributed by atoms with E-state index in [4.69, 9.17) is 61.3 Å². The number of primary amides is 2. The second kappa shape index (κ2) is 30.9. The molecule has 277 valence electrons. The first-order valence-electron chi connectivity index (χ1n) is 16.7. The molecule has 13 heteroatoms. The SMILES string of the molecule is CCCCCCCCCCOC[n+]1cccc(C(N)=O)c1.CCCCCCCCCCOC[n+]1cccc(C(N)=O)c1.[Cl][Cu-2]([Cl])([Cl])[Cl]. The Kier molecular flexibility index (Phi) is 30.1. The predicted molar refractivity (Wildman–Crippen MR) is 191 cm³/mol. The van der Waals surface area contributed by atoms with Crippen LogP contribution in [0, 0.1) is 0 Å². The standard InChI is InChI=1S/2C17H28N2O2.4ClH.Cu/c2*1-2-3-4-5-6-7-8-9-13-21-15-19-12-10-11-16(14-19)17(18)20;;;;;/h2*10-12,14H,2-9,13,15H2,1H3,(H-,18,20);4*1H;/q;;;;;;+2/p-2. The van der Waals surface area contributed by atoms with Crippen molar-refractivity contribution in [2.75, 3.05) is 13.2 Å².